The molecule has 2 aromatic carbocycles. The van der Waals surface area contributed by atoms with Crippen LogP contribution < -0.4 is 20.7 Å². The predicted octanol–water partition coefficient (Wildman–Crippen LogP) is 2.59. The second kappa shape index (κ2) is 11.0. The van der Waals surface area contributed by atoms with Crippen molar-refractivity contribution in [2.75, 3.05) is 32.2 Å². The zero-order chi connectivity index (χ0) is 20.4. The van der Waals surface area contributed by atoms with Crippen molar-refractivity contribution in [3.05, 3.63) is 59.7 Å². The van der Waals surface area contributed by atoms with E-state index in [2.05, 4.69) is 16.0 Å². The van der Waals surface area contributed by atoms with Gasteiger partial charge in [-0.05, 0) is 49.5 Å². The van der Waals surface area contributed by atoms with E-state index in [0.29, 0.717) is 42.3 Å². The second-order valence-electron chi connectivity index (χ2n) is 5.66. The average molecular weight is 401 g/mol. The molecular formula is C20H23N3O4S. The molecule has 0 heterocycles. The van der Waals surface area contributed by atoms with Crippen LogP contribution in [0.2, 0.25) is 0 Å². The van der Waals surface area contributed by atoms with Crippen molar-refractivity contribution in [1.29, 1.82) is 0 Å². The number of ether oxygens (including phenoxy) is 2. The maximum atomic E-state index is 12.4. The van der Waals surface area contributed by atoms with Gasteiger partial charge in [-0.25, -0.2) is 0 Å². The van der Waals surface area contributed by atoms with Gasteiger partial charge >= 0.3 is 0 Å². The Labute approximate surface area is 169 Å². The molecule has 2 rings (SSSR count). The van der Waals surface area contributed by atoms with Crippen molar-refractivity contribution in [2.45, 2.75) is 6.92 Å². The quantitative estimate of drug-likeness (QED) is 0.465. The van der Waals surface area contributed by atoms with Crippen LogP contribution in [0.5, 0.6) is 5.75 Å². The standard InChI is InChI=1S/C20H23N3O4S/c1-3-27-15-8-6-7-14(13-15)18(24)23-20(28)22-17-10-5-4-9-16(17)19(25)21-11-12-26-2/h4-10,13H,3,11-12H2,1-2H3,(H,21,25)(H2,22,23,24,28). The molecule has 0 aliphatic carbocycles. The van der Waals surface area contributed by atoms with Gasteiger partial charge in [0.1, 0.15) is 5.75 Å². The Morgan fingerprint density at radius 3 is 2.61 bits per heavy atom. The maximum absolute atomic E-state index is 12.4. The summed E-state index contributed by atoms with van der Waals surface area (Å²) in [5, 5.41) is 8.34. The first-order valence-electron chi connectivity index (χ1n) is 8.76. The Hall–Kier alpha value is -2.97. The molecule has 0 fully saturated rings. The van der Waals surface area contributed by atoms with E-state index in [1.165, 1.54) is 0 Å². The van der Waals surface area contributed by atoms with Gasteiger partial charge in [-0.15, -0.1) is 0 Å². The Balaban J connectivity index is 2.02. The average Bonchev–Trinajstić information content (AvgIpc) is 2.69. The number of para-hydroxylation sites is 1. The minimum Gasteiger partial charge on any atom is -0.494 e. The van der Waals surface area contributed by atoms with E-state index >= 15 is 0 Å². The highest BCUT2D eigenvalue weighted by atomic mass is 32.1. The molecular weight excluding hydrogens is 378 g/mol. The molecule has 0 aliphatic rings. The lowest BCUT2D eigenvalue weighted by molar-refractivity contribution is 0.0937. The van der Waals surface area contributed by atoms with Crippen molar-refractivity contribution in [1.82, 2.24) is 10.6 Å². The van der Waals surface area contributed by atoms with Crippen molar-refractivity contribution in [2.24, 2.45) is 0 Å². The zero-order valence-electron chi connectivity index (χ0n) is 15.8. The molecule has 0 aliphatic heterocycles. The third-order valence-corrected chi connectivity index (χ3v) is 3.85. The van der Waals surface area contributed by atoms with Crippen molar-refractivity contribution in [3.8, 4) is 5.75 Å². The normalized spacial score (nSPS) is 10.1. The number of methoxy groups -OCH3 is 1. The molecule has 0 radical (unpaired) electrons. The van der Waals surface area contributed by atoms with Crippen LogP contribution in [-0.4, -0.2) is 43.8 Å². The third kappa shape index (κ3) is 6.33. The highest BCUT2D eigenvalue weighted by molar-refractivity contribution is 7.80. The summed E-state index contributed by atoms with van der Waals surface area (Å²) >= 11 is 5.22. The summed E-state index contributed by atoms with van der Waals surface area (Å²) in [6.45, 7) is 3.18. The lowest BCUT2D eigenvalue weighted by Crippen LogP contribution is -2.35. The highest BCUT2D eigenvalue weighted by Crippen LogP contribution is 2.16. The number of hydrogen-bond donors (Lipinski definition) is 3. The fourth-order valence-electron chi connectivity index (χ4n) is 2.37. The fourth-order valence-corrected chi connectivity index (χ4v) is 2.58. The van der Waals surface area contributed by atoms with Crippen LogP contribution in [0.3, 0.4) is 0 Å². The van der Waals surface area contributed by atoms with Gasteiger partial charge in [-0.1, -0.05) is 18.2 Å². The van der Waals surface area contributed by atoms with E-state index in [4.69, 9.17) is 21.7 Å². The number of anilines is 1. The van der Waals surface area contributed by atoms with Gasteiger partial charge in [-0.3, -0.25) is 14.9 Å². The molecule has 0 spiro atoms. The summed E-state index contributed by atoms with van der Waals surface area (Å²) < 4.78 is 10.3. The third-order valence-electron chi connectivity index (χ3n) is 3.65. The van der Waals surface area contributed by atoms with E-state index in [0.717, 1.165) is 0 Å². The van der Waals surface area contributed by atoms with Crippen molar-refractivity contribution < 1.29 is 19.1 Å². The Morgan fingerprint density at radius 2 is 1.86 bits per heavy atom. The van der Waals surface area contributed by atoms with Crippen LogP contribution in [0, 0.1) is 0 Å². The molecule has 0 saturated heterocycles. The summed E-state index contributed by atoms with van der Waals surface area (Å²) in [4.78, 5) is 24.7. The van der Waals surface area contributed by atoms with Gasteiger partial charge in [0, 0.05) is 19.2 Å². The topological polar surface area (TPSA) is 88.7 Å². The summed E-state index contributed by atoms with van der Waals surface area (Å²) in [6, 6.07) is 13.7. The zero-order valence-corrected chi connectivity index (χ0v) is 16.6. The number of carbonyl (C=O) groups excluding carboxylic acids is 2. The molecule has 8 heteroatoms. The summed E-state index contributed by atoms with van der Waals surface area (Å²) in [6.07, 6.45) is 0. The molecule has 7 nitrogen and oxygen atoms in total. The molecule has 2 amide bonds. The number of hydrogen-bond acceptors (Lipinski definition) is 5. The van der Waals surface area contributed by atoms with Crippen LogP contribution in [0.25, 0.3) is 0 Å². The minimum absolute atomic E-state index is 0.0870. The summed E-state index contributed by atoms with van der Waals surface area (Å²) in [5.74, 6) is -0.0353. The van der Waals surface area contributed by atoms with Crippen LogP contribution in [-0.2, 0) is 4.74 Å². The van der Waals surface area contributed by atoms with Crippen LogP contribution in [0.4, 0.5) is 5.69 Å². The molecule has 0 bridgehead atoms. The largest absolute Gasteiger partial charge is 0.494 e. The van der Waals surface area contributed by atoms with Crippen molar-refractivity contribution >= 4 is 34.8 Å². The van der Waals surface area contributed by atoms with Crippen molar-refractivity contribution in [3.63, 3.8) is 0 Å². The molecule has 28 heavy (non-hydrogen) atoms. The van der Waals surface area contributed by atoms with E-state index in [9.17, 15) is 9.59 Å². The Kier molecular flexibility index (Phi) is 8.38. The lowest BCUT2D eigenvalue weighted by atomic mass is 10.1. The molecule has 2 aromatic rings. The number of rotatable bonds is 8. The van der Waals surface area contributed by atoms with Crippen LogP contribution >= 0.6 is 12.2 Å². The minimum atomic E-state index is -0.374. The first kappa shape index (κ1) is 21.3. The van der Waals surface area contributed by atoms with Gasteiger partial charge in [0.15, 0.2) is 5.11 Å². The molecule has 148 valence electrons. The SMILES string of the molecule is CCOc1cccc(C(=O)NC(=S)Nc2ccccc2C(=O)NCCOC)c1. The summed E-state index contributed by atoms with van der Waals surface area (Å²) in [7, 11) is 1.56. The van der Waals surface area contributed by atoms with Crippen LogP contribution in [0.15, 0.2) is 48.5 Å². The second-order valence-corrected chi connectivity index (χ2v) is 6.07. The van der Waals surface area contributed by atoms with Gasteiger partial charge in [0.2, 0.25) is 0 Å². The first-order valence-corrected chi connectivity index (χ1v) is 9.17. The van der Waals surface area contributed by atoms with E-state index < -0.39 is 0 Å². The number of thiocarbonyl (C=S) groups is 1. The van der Waals surface area contributed by atoms with E-state index in [1.807, 2.05) is 6.92 Å². The Morgan fingerprint density at radius 1 is 1.07 bits per heavy atom. The number of carbonyl (C=O) groups is 2. The number of amides is 2. The monoisotopic (exact) mass is 401 g/mol. The van der Waals surface area contributed by atoms with Gasteiger partial charge in [-0.2, -0.15) is 0 Å². The smallest absolute Gasteiger partial charge is 0.257 e. The summed E-state index contributed by atoms with van der Waals surface area (Å²) in [5.41, 5.74) is 1.32. The molecule has 0 saturated carbocycles. The Bertz CT molecular complexity index is 842. The molecule has 0 aromatic heterocycles. The van der Waals surface area contributed by atoms with Gasteiger partial charge < -0.3 is 20.1 Å². The molecule has 3 N–H and O–H groups in total. The highest BCUT2D eigenvalue weighted by Gasteiger charge is 2.13. The predicted molar refractivity (Wildman–Crippen MR) is 112 cm³/mol. The molecule has 0 unspecified atom stereocenters. The maximum Gasteiger partial charge on any atom is 0.257 e. The lowest BCUT2D eigenvalue weighted by Gasteiger charge is -2.14. The van der Waals surface area contributed by atoms with E-state index in [-0.39, 0.29) is 16.9 Å². The molecule has 0 atom stereocenters. The number of benzene rings is 2. The van der Waals surface area contributed by atoms with Gasteiger partial charge in [0.05, 0.1) is 24.5 Å². The van der Waals surface area contributed by atoms with Gasteiger partial charge in [0.25, 0.3) is 11.8 Å². The van der Waals surface area contributed by atoms with Crippen LogP contribution in [0.1, 0.15) is 27.6 Å². The first-order chi connectivity index (χ1) is 13.5. The number of nitrogens with one attached hydrogen (secondary N) is 3. The fraction of sp³-hybridized carbons (Fsp3) is 0.250. The van der Waals surface area contributed by atoms with E-state index in [1.54, 1.807) is 55.6 Å².